The van der Waals surface area contributed by atoms with Gasteiger partial charge in [-0.3, -0.25) is 0 Å². The molecule has 5 rings (SSSR count). The van der Waals surface area contributed by atoms with Crippen LogP contribution in [-0.4, -0.2) is 27.7 Å². The van der Waals surface area contributed by atoms with E-state index in [9.17, 15) is 4.79 Å². The molecule has 0 radical (unpaired) electrons. The maximum Gasteiger partial charge on any atom is 0.347 e. The van der Waals surface area contributed by atoms with Gasteiger partial charge in [-0.1, -0.05) is 0 Å². The molecule has 1 aromatic carbocycles. The van der Waals surface area contributed by atoms with Crippen molar-refractivity contribution in [3.8, 4) is 11.3 Å². The third-order valence-electron chi connectivity index (χ3n) is 5.47. The maximum absolute atomic E-state index is 12.6. The molecule has 0 saturated heterocycles. The van der Waals surface area contributed by atoms with Crippen molar-refractivity contribution in [3.63, 3.8) is 0 Å². The summed E-state index contributed by atoms with van der Waals surface area (Å²) in [5.74, 6) is 0.760. The van der Waals surface area contributed by atoms with Gasteiger partial charge < -0.3 is 13.7 Å². The van der Waals surface area contributed by atoms with Crippen LogP contribution in [0.25, 0.3) is 33.3 Å². The van der Waals surface area contributed by atoms with E-state index >= 15 is 0 Å². The van der Waals surface area contributed by atoms with Crippen LogP contribution in [0.5, 0.6) is 0 Å². The van der Waals surface area contributed by atoms with E-state index in [4.69, 9.17) is 8.83 Å². The number of hydrogen-bond donors (Lipinski definition) is 0. The van der Waals surface area contributed by atoms with Crippen LogP contribution in [0.15, 0.2) is 50.0 Å². The van der Waals surface area contributed by atoms with Crippen LogP contribution in [0.2, 0.25) is 0 Å². The van der Waals surface area contributed by atoms with Crippen molar-refractivity contribution < 1.29 is 8.83 Å². The lowest BCUT2D eigenvalue weighted by Crippen LogP contribution is -2.24. The largest absolute Gasteiger partial charge is 0.455 e. The lowest BCUT2D eigenvalue weighted by molar-refractivity contribution is 0.559. The number of aryl methyl sites for hydroxylation is 1. The minimum atomic E-state index is -0.363. The predicted octanol–water partition coefficient (Wildman–Crippen LogP) is 3.06. The lowest BCUT2D eigenvalue weighted by Gasteiger charge is -2.27. The third kappa shape index (κ3) is 2.46. The lowest BCUT2D eigenvalue weighted by atomic mass is 9.99. The first-order valence-corrected chi connectivity index (χ1v) is 9.20. The van der Waals surface area contributed by atoms with Crippen LogP contribution < -0.4 is 20.5 Å². The van der Waals surface area contributed by atoms with Gasteiger partial charge in [-0.15, -0.1) is 0 Å². The Morgan fingerprint density at radius 3 is 2.70 bits per heavy atom. The highest BCUT2D eigenvalue weighted by Crippen LogP contribution is 2.35. The molecule has 5 heteroatoms. The van der Waals surface area contributed by atoms with Gasteiger partial charge in [0, 0.05) is 37.0 Å². The van der Waals surface area contributed by atoms with Gasteiger partial charge in [-0.25, -0.2) is 9.37 Å². The van der Waals surface area contributed by atoms with Crippen molar-refractivity contribution in [2.45, 2.75) is 12.8 Å². The maximum atomic E-state index is 12.6. The first-order valence-electron chi connectivity index (χ1n) is 9.20. The zero-order chi connectivity index (χ0) is 18.7. The Morgan fingerprint density at radius 2 is 1.89 bits per heavy atom. The molecule has 0 bridgehead atoms. The molecule has 1 aliphatic carbocycles. The van der Waals surface area contributed by atoms with Crippen LogP contribution in [0, 0.1) is 0 Å². The average molecular weight is 361 g/mol. The summed E-state index contributed by atoms with van der Waals surface area (Å²) in [6.45, 7) is 1.01. The van der Waals surface area contributed by atoms with Crippen molar-refractivity contribution in [2.24, 2.45) is 0 Å². The van der Waals surface area contributed by atoms with Gasteiger partial charge in [0.05, 0.1) is 11.5 Å². The van der Waals surface area contributed by atoms with E-state index < -0.39 is 0 Å². The number of anilines is 1. The van der Waals surface area contributed by atoms with Gasteiger partial charge in [0.25, 0.3) is 0 Å². The zero-order valence-electron chi connectivity index (χ0n) is 15.7. The molecular formula is C22H21N2O3+. The van der Waals surface area contributed by atoms with E-state index in [0.29, 0.717) is 16.6 Å². The highest BCUT2D eigenvalue weighted by atomic mass is 16.4. The number of fused-ring (bicyclic) bond motifs is 5. The zero-order valence-corrected chi connectivity index (χ0v) is 15.7. The van der Waals surface area contributed by atoms with E-state index in [1.165, 1.54) is 5.56 Å². The van der Waals surface area contributed by atoms with Gasteiger partial charge in [-0.2, -0.15) is 0 Å². The van der Waals surface area contributed by atoms with E-state index in [0.717, 1.165) is 47.1 Å². The average Bonchev–Trinajstić information content (AvgIpc) is 2.66. The minimum Gasteiger partial charge on any atom is -0.455 e. The van der Waals surface area contributed by atoms with Crippen molar-refractivity contribution >= 4 is 27.6 Å². The van der Waals surface area contributed by atoms with Crippen molar-refractivity contribution in [3.05, 3.63) is 57.7 Å². The SMILES string of the molecule is CN1CCCc2cc3c(cc21)oc(=O)c1cc2ccc(=[N+](C)C)cc-2oc13. The summed E-state index contributed by atoms with van der Waals surface area (Å²) < 4.78 is 13.9. The summed E-state index contributed by atoms with van der Waals surface area (Å²) >= 11 is 0. The first kappa shape index (κ1) is 16.1. The Kier molecular flexibility index (Phi) is 3.41. The highest BCUT2D eigenvalue weighted by Gasteiger charge is 2.20. The molecular weight excluding hydrogens is 340 g/mol. The summed E-state index contributed by atoms with van der Waals surface area (Å²) in [5.41, 5.74) is 4.10. The molecule has 0 fully saturated rings. The third-order valence-corrected chi connectivity index (χ3v) is 5.47. The van der Waals surface area contributed by atoms with E-state index in [-0.39, 0.29) is 5.63 Å². The molecule has 1 aromatic heterocycles. The normalized spacial score (nSPS) is 14.1. The number of nitrogens with zero attached hydrogens (tertiary/aromatic N) is 2. The first-order chi connectivity index (χ1) is 13.0. The fourth-order valence-electron chi connectivity index (χ4n) is 3.96. The molecule has 2 aliphatic heterocycles. The quantitative estimate of drug-likeness (QED) is 0.209. The summed E-state index contributed by atoms with van der Waals surface area (Å²) in [4.78, 5) is 14.8. The number of benzene rings is 2. The Bertz CT molecular complexity index is 1310. The van der Waals surface area contributed by atoms with Crippen molar-refractivity contribution in [2.75, 3.05) is 32.6 Å². The van der Waals surface area contributed by atoms with Crippen LogP contribution >= 0.6 is 0 Å². The van der Waals surface area contributed by atoms with Crippen LogP contribution in [0.1, 0.15) is 12.0 Å². The number of hydrogen-bond acceptors (Lipinski definition) is 4. The standard InChI is InChI=1S/C22H21N2O3/c1-23(2)15-7-6-14-10-17-21(26-19(14)11-15)16-9-13-5-4-8-24(3)18(13)12-20(16)27-22(17)25/h6-7,9-12H,4-5,8H2,1-3H3/q+1. The molecule has 0 spiro atoms. The molecule has 0 atom stereocenters. The van der Waals surface area contributed by atoms with Crippen LogP contribution in [-0.2, 0) is 6.42 Å². The Morgan fingerprint density at radius 1 is 1.04 bits per heavy atom. The highest BCUT2D eigenvalue weighted by molar-refractivity contribution is 6.03. The molecule has 0 amide bonds. The van der Waals surface area contributed by atoms with Gasteiger partial charge in [-0.05, 0) is 36.6 Å². The molecule has 3 aliphatic rings. The second-order valence-corrected chi connectivity index (χ2v) is 7.50. The van der Waals surface area contributed by atoms with Gasteiger partial charge in [0.2, 0.25) is 5.36 Å². The molecule has 136 valence electrons. The molecule has 0 saturated carbocycles. The number of rotatable bonds is 0. The molecule has 27 heavy (non-hydrogen) atoms. The Balaban J connectivity index is 1.92. The predicted molar refractivity (Wildman–Crippen MR) is 108 cm³/mol. The Hall–Kier alpha value is -3.08. The molecule has 0 N–H and O–H groups in total. The van der Waals surface area contributed by atoms with E-state index in [1.807, 2.05) is 49.0 Å². The van der Waals surface area contributed by atoms with Crippen LogP contribution in [0.3, 0.4) is 0 Å². The van der Waals surface area contributed by atoms with Gasteiger partial charge in [0.1, 0.15) is 30.8 Å². The van der Waals surface area contributed by atoms with Crippen LogP contribution in [0.4, 0.5) is 5.69 Å². The smallest absolute Gasteiger partial charge is 0.347 e. The molecule has 2 aromatic rings. The van der Waals surface area contributed by atoms with Gasteiger partial charge in [0.15, 0.2) is 5.58 Å². The van der Waals surface area contributed by atoms with E-state index in [1.54, 1.807) is 0 Å². The summed E-state index contributed by atoms with van der Waals surface area (Å²) in [5, 5.41) is 2.39. The summed E-state index contributed by atoms with van der Waals surface area (Å²) in [7, 11) is 6.06. The topological polar surface area (TPSA) is 49.6 Å². The van der Waals surface area contributed by atoms with Crippen molar-refractivity contribution in [1.29, 1.82) is 0 Å². The molecule has 3 heterocycles. The fourth-order valence-corrected chi connectivity index (χ4v) is 3.96. The monoisotopic (exact) mass is 361 g/mol. The van der Waals surface area contributed by atoms with E-state index in [2.05, 4.69) is 18.0 Å². The summed E-state index contributed by atoms with van der Waals surface area (Å²) in [6, 6.07) is 11.9. The van der Waals surface area contributed by atoms with Gasteiger partial charge >= 0.3 is 5.63 Å². The molecule has 0 unspecified atom stereocenters. The Labute approximate surface area is 156 Å². The molecule has 5 nitrogen and oxygen atoms in total. The minimum absolute atomic E-state index is 0.363. The fraction of sp³-hybridized carbons (Fsp3) is 0.273. The second-order valence-electron chi connectivity index (χ2n) is 7.50. The van der Waals surface area contributed by atoms with Crippen molar-refractivity contribution in [1.82, 2.24) is 4.58 Å². The second kappa shape index (κ2) is 5.71. The summed E-state index contributed by atoms with van der Waals surface area (Å²) in [6.07, 6.45) is 2.14.